The molecule has 3 aromatic heterocycles. The van der Waals surface area contributed by atoms with Crippen molar-refractivity contribution in [3.8, 4) is 23.0 Å². The molecule has 1 aliphatic heterocycles. The Morgan fingerprint density at radius 1 is 1.21 bits per heavy atom. The number of benzene rings is 1. The molecule has 29 heavy (non-hydrogen) atoms. The van der Waals surface area contributed by atoms with Crippen LogP contribution in [-0.2, 0) is 18.4 Å². The summed E-state index contributed by atoms with van der Waals surface area (Å²) in [6, 6.07) is 7.52. The second-order valence-electron chi connectivity index (χ2n) is 7.12. The van der Waals surface area contributed by atoms with Crippen molar-refractivity contribution in [2.24, 2.45) is 7.05 Å². The number of hydrogen-bond acceptors (Lipinski definition) is 7. The summed E-state index contributed by atoms with van der Waals surface area (Å²) in [5, 5.41) is 16.6. The van der Waals surface area contributed by atoms with Crippen LogP contribution in [0.4, 0.5) is 0 Å². The van der Waals surface area contributed by atoms with Crippen LogP contribution in [0.3, 0.4) is 0 Å². The van der Waals surface area contributed by atoms with Gasteiger partial charge in [-0.05, 0) is 37.1 Å². The van der Waals surface area contributed by atoms with Crippen LogP contribution in [0.25, 0.3) is 34.0 Å². The highest BCUT2D eigenvalue weighted by Gasteiger charge is 2.19. The minimum Gasteiger partial charge on any atom is -0.343 e. The predicted octanol–water partition coefficient (Wildman–Crippen LogP) is 1.89. The van der Waals surface area contributed by atoms with Crippen LogP contribution in [0.1, 0.15) is 19.3 Å². The quantitative estimate of drug-likeness (QED) is 0.510. The Hall–Kier alpha value is -3.56. The summed E-state index contributed by atoms with van der Waals surface area (Å²) in [5.41, 5.74) is 3.13. The monoisotopic (exact) mass is 392 g/mol. The molecule has 1 amide bonds. The minimum atomic E-state index is 0.178. The van der Waals surface area contributed by atoms with E-state index in [4.69, 9.17) is 4.52 Å². The molecule has 0 aliphatic carbocycles. The Kier molecular flexibility index (Phi) is 4.30. The second-order valence-corrected chi connectivity index (χ2v) is 7.12. The lowest BCUT2D eigenvalue weighted by Gasteiger charge is -2.14. The molecule has 0 saturated carbocycles. The predicted molar refractivity (Wildman–Crippen MR) is 103 cm³/mol. The SMILES string of the molecule is Cn1nccc1-c1nc(-c2ccc3c(c2)nnn3CCC(=O)N2CCCC2)no1. The van der Waals surface area contributed by atoms with Gasteiger partial charge in [0, 0.05) is 38.3 Å². The lowest BCUT2D eigenvalue weighted by Crippen LogP contribution is -2.28. The normalized spacial score (nSPS) is 14.2. The van der Waals surface area contributed by atoms with E-state index in [0.29, 0.717) is 24.7 Å². The maximum atomic E-state index is 12.3. The zero-order valence-corrected chi connectivity index (χ0v) is 16.0. The van der Waals surface area contributed by atoms with Crippen LogP contribution in [0.15, 0.2) is 35.0 Å². The maximum Gasteiger partial charge on any atom is 0.276 e. The number of hydrogen-bond donors (Lipinski definition) is 0. The first-order valence-electron chi connectivity index (χ1n) is 9.62. The third-order valence-corrected chi connectivity index (χ3v) is 5.23. The smallest absolute Gasteiger partial charge is 0.276 e. The number of likely N-dealkylation sites (tertiary alicyclic amines) is 1. The van der Waals surface area contributed by atoms with Gasteiger partial charge in [-0.3, -0.25) is 9.48 Å². The van der Waals surface area contributed by atoms with Gasteiger partial charge in [-0.25, -0.2) is 4.68 Å². The zero-order valence-electron chi connectivity index (χ0n) is 16.0. The third-order valence-electron chi connectivity index (χ3n) is 5.23. The molecule has 1 aromatic carbocycles. The summed E-state index contributed by atoms with van der Waals surface area (Å²) in [6.07, 6.45) is 4.30. The van der Waals surface area contributed by atoms with Crippen LogP contribution in [0.5, 0.6) is 0 Å². The Morgan fingerprint density at radius 2 is 2.07 bits per heavy atom. The van der Waals surface area contributed by atoms with E-state index in [2.05, 4.69) is 25.6 Å². The number of carbonyl (C=O) groups excluding carboxylic acids is 1. The van der Waals surface area contributed by atoms with Crippen LogP contribution in [-0.4, -0.2) is 58.8 Å². The van der Waals surface area contributed by atoms with Gasteiger partial charge in [0.15, 0.2) is 0 Å². The van der Waals surface area contributed by atoms with Crippen molar-refractivity contribution in [1.29, 1.82) is 0 Å². The molecule has 1 saturated heterocycles. The lowest BCUT2D eigenvalue weighted by atomic mass is 10.2. The molecule has 4 heterocycles. The fourth-order valence-electron chi connectivity index (χ4n) is 3.63. The van der Waals surface area contributed by atoms with Gasteiger partial charge in [0.2, 0.25) is 11.7 Å². The minimum absolute atomic E-state index is 0.178. The van der Waals surface area contributed by atoms with Crippen LogP contribution in [0.2, 0.25) is 0 Å². The summed E-state index contributed by atoms with van der Waals surface area (Å²) < 4.78 is 8.81. The number of carbonyl (C=O) groups is 1. The topological polar surface area (TPSA) is 108 Å². The van der Waals surface area contributed by atoms with Crippen molar-refractivity contribution in [3.05, 3.63) is 30.5 Å². The number of aryl methyl sites for hydroxylation is 2. The van der Waals surface area contributed by atoms with E-state index in [9.17, 15) is 4.79 Å². The summed E-state index contributed by atoms with van der Waals surface area (Å²) in [4.78, 5) is 18.7. The van der Waals surface area contributed by atoms with Gasteiger partial charge in [-0.2, -0.15) is 10.1 Å². The standard InChI is InChI=1S/C19H20N8O2/c1-25-16(6-8-20-25)19-21-18(23-29-19)13-4-5-15-14(12-13)22-24-27(15)11-7-17(28)26-9-2-3-10-26/h4-6,8,12H,2-3,7,9-11H2,1H3. The van der Waals surface area contributed by atoms with Gasteiger partial charge >= 0.3 is 0 Å². The molecule has 0 N–H and O–H groups in total. The second kappa shape index (κ2) is 7.12. The van der Waals surface area contributed by atoms with E-state index in [1.807, 2.05) is 36.2 Å². The van der Waals surface area contributed by atoms with E-state index >= 15 is 0 Å². The lowest BCUT2D eigenvalue weighted by molar-refractivity contribution is -0.130. The molecule has 10 heteroatoms. The zero-order chi connectivity index (χ0) is 19.8. The molecule has 0 spiro atoms. The number of aromatic nitrogens is 7. The van der Waals surface area contributed by atoms with Crippen LogP contribution in [0, 0.1) is 0 Å². The van der Waals surface area contributed by atoms with Crippen molar-refractivity contribution in [3.63, 3.8) is 0 Å². The fraction of sp³-hybridized carbons (Fsp3) is 0.368. The van der Waals surface area contributed by atoms with Gasteiger partial charge < -0.3 is 9.42 Å². The van der Waals surface area contributed by atoms with Gasteiger partial charge in [0.05, 0.1) is 12.1 Å². The van der Waals surface area contributed by atoms with Crippen molar-refractivity contribution in [1.82, 2.24) is 39.8 Å². The average molecular weight is 392 g/mol. The molecule has 1 fully saturated rings. The number of nitrogens with zero attached hydrogens (tertiary/aromatic N) is 8. The van der Waals surface area contributed by atoms with Gasteiger partial charge in [-0.1, -0.05) is 10.4 Å². The van der Waals surface area contributed by atoms with Crippen molar-refractivity contribution < 1.29 is 9.32 Å². The van der Waals surface area contributed by atoms with E-state index < -0.39 is 0 Å². The van der Waals surface area contributed by atoms with E-state index in [1.54, 1.807) is 15.6 Å². The summed E-state index contributed by atoms with van der Waals surface area (Å²) >= 11 is 0. The molecule has 0 radical (unpaired) electrons. The van der Waals surface area contributed by atoms with E-state index in [1.165, 1.54) is 0 Å². The third kappa shape index (κ3) is 3.26. The average Bonchev–Trinajstić information content (AvgIpc) is 3.52. The highest BCUT2D eigenvalue weighted by molar-refractivity contribution is 5.80. The molecule has 0 bridgehead atoms. The highest BCUT2D eigenvalue weighted by atomic mass is 16.5. The highest BCUT2D eigenvalue weighted by Crippen LogP contribution is 2.24. The molecule has 148 valence electrons. The Bertz CT molecular complexity index is 1170. The molecule has 0 unspecified atom stereocenters. The Balaban J connectivity index is 1.34. The van der Waals surface area contributed by atoms with Gasteiger partial charge in [0.25, 0.3) is 5.89 Å². The first kappa shape index (κ1) is 17.5. The van der Waals surface area contributed by atoms with Gasteiger partial charge in [-0.15, -0.1) is 5.10 Å². The molecular weight excluding hydrogens is 372 g/mol. The molecular formula is C19H20N8O2. The van der Waals surface area contributed by atoms with E-state index in [-0.39, 0.29) is 5.91 Å². The first-order valence-corrected chi connectivity index (χ1v) is 9.62. The molecule has 0 atom stereocenters. The summed E-state index contributed by atoms with van der Waals surface area (Å²) in [7, 11) is 1.82. The fourth-order valence-corrected chi connectivity index (χ4v) is 3.63. The number of rotatable bonds is 5. The molecule has 4 aromatic rings. The Labute approximate surface area is 166 Å². The van der Waals surface area contributed by atoms with Crippen LogP contribution >= 0.6 is 0 Å². The maximum absolute atomic E-state index is 12.3. The van der Waals surface area contributed by atoms with Crippen molar-refractivity contribution >= 4 is 16.9 Å². The Morgan fingerprint density at radius 3 is 2.86 bits per heavy atom. The molecule has 10 nitrogen and oxygen atoms in total. The molecule has 1 aliphatic rings. The largest absolute Gasteiger partial charge is 0.343 e. The number of fused-ring (bicyclic) bond motifs is 1. The summed E-state index contributed by atoms with van der Waals surface area (Å²) in [5.74, 6) is 1.06. The summed E-state index contributed by atoms with van der Waals surface area (Å²) in [6.45, 7) is 2.25. The van der Waals surface area contributed by atoms with Crippen molar-refractivity contribution in [2.75, 3.05) is 13.1 Å². The van der Waals surface area contributed by atoms with Crippen molar-refractivity contribution in [2.45, 2.75) is 25.8 Å². The number of amides is 1. The first-order chi connectivity index (χ1) is 14.2. The van der Waals surface area contributed by atoms with Crippen LogP contribution < -0.4 is 0 Å². The van der Waals surface area contributed by atoms with Gasteiger partial charge in [0.1, 0.15) is 11.2 Å². The molecule has 5 rings (SSSR count). The van der Waals surface area contributed by atoms with E-state index in [0.717, 1.165) is 48.2 Å².